The highest BCUT2D eigenvalue weighted by Crippen LogP contribution is 2.27. The van der Waals surface area contributed by atoms with E-state index in [0.717, 1.165) is 24.4 Å². The summed E-state index contributed by atoms with van der Waals surface area (Å²) in [6.45, 7) is 1.72. The molecular formula is C20H16ClF4N5O. The molecule has 0 radical (unpaired) electrons. The summed E-state index contributed by atoms with van der Waals surface area (Å²) in [5.74, 6) is -1.10. The van der Waals surface area contributed by atoms with E-state index >= 15 is 0 Å². The van der Waals surface area contributed by atoms with Gasteiger partial charge in [0.25, 0.3) is 5.91 Å². The van der Waals surface area contributed by atoms with Crippen molar-refractivity contribution in [2.45, 2.75) is 19.5 Å². The number of carbonyl (C=O) groups is 1. The molecule has 2 aromatic heterocycles. The van der Waals surface area contributed by atoms with E-state index in [-0.39, 0.29) is 28.7 Å². The van der Waals surface area contributed by atoms with Gasteiger partial charge in [0.05, 0.1) is 11.4 Å². The molecule has 2 heterocycles. The smallest absolute Gasteiger partial charge is 0.308 e. The molecule has 31 heavy (non-hydrogen) atoms. The summed E-state index contributed by atoms with van der Waals surface area (Å²) in [5, 5.41) is 6.80. The lowest BCUT2D eigenvalue weighted by molar-refractivity contribution is -0.141. The Hall–Kier alpha value is -3.27. The Morgan fingerprint density at radius 2 is 1.97 bits per heavy atom. The lowest BCUT2D eigenvalue weighted by atomic mass is 10.1. The second-order valence-corrected chi connectivity index (χ2v) is 7.10. The van der Waals surface area contributed by atoms with Crippen molar-refractivity contribution in [1.29, 1.82) is 0 Å². The van der Waals surface area contributed by atoms with E-state index in [1.54, 1.807) is 20.0 Å². The molecule has 1 N–H and O–H groups in total. The van der Waals surface area contributed by atoms with Crippen LogP contribution in [-0.4, -0.2) is 26.5 Å². The Morgan fingerprint density at radius 1 is 1.23 bits per heavy atom. The number of aliphatic imine (C=N–C) groups is 1. The highest BCUT2D eigenvalue weighted by Gasteiger charge is 2.32. The molecular weight excluding hydrogens is 438 g/mol. The van der Waals surface area contributed by atoms with E-state index in [2.05, 4.69) is 20.4 Å². The number of pyridine rings is 1. The lowest BCUT2D eigenvalue weighted by Gasteiger charge is -2.11. The zero-order chi connectivity index (χ0) is 22.8. The molecule has 0 atom stereocenters. The average molecular weight is 454 g/mol. The van der Waals surface area contributed by atoms with Gasteiger partial charge in [0, 0.05) is 24.7 Å². The van der Waals surface area contributed by atoms with E-state index in [0.29, 0.717) is 11.3 Å². The summed E-state index contributed by atoms with van der Waals surface area (Å²) in [6.07, 6.45) is -3.60. The largest absolute Gasteiger partial charge is 0.433 e. The first-order valence-electron chi connectivity index (χ1n) is 8.89. The monoisotopic (exact) mass is 453 g/mol. The number of halogens is 5. The fourth-order valence-corrected chi connectivity index (χ4v) is 3.00. The third-order valence-corrected chi connectivity index (χ3v) is 4.31. The molecule has 6 nitrogen and oxygen atoms in total. The van der Waals surface area contributed by atoms with Crippen LogP contribution < -0.4 is 5.32 Å². The van der Waals surface area contributed by atoms with Gasteiger partial charge in [-0.3, -0.25) is 14.5 Å². The number of alkyl halides is 3. The quantitative estimate of drug-likeness (QED) is 0.355. The van der Waals surface area contributed by atoms with Crippen molar-refractivity contribution in [3.63, 3.8) is 0 Å². The zero-order valence-electron chi connectivity index (χ0n) is 16.3. The predicted octanol–water partition coefficient (Wildman–Crippen LogP) is 4.64. The molecule has 0 spiro atoms. The number of nitrogens with one attached hydrogen (secondary N) is 1. The third kappa shape index (κ3) is 5.88. The van der Waals surface area contributed by atoms with Gasteiger partial charge in [0.1, 0.15) is 23.0 Å². The van der Waals surface area contributed by atoms with E-state index in [4.69, 9.17) is 11.6 Å². The fraction of sp³-hybridized carbons (Fsp3) is 0.200. The summed E-state index contributed by atoms with van der Waals surface area (Å²) in [5.41, 5.74) is 0.307. The zero-order valence-corrected chi connectivity index (χ0v) is 17.1. The number of benzene rings is 1. The van der Waals surface area contributed by atoms with Gasteiger partial charge in [0.15, 0.2) is 0 Å². The van der Waals surface area contributed by atoms with E-state index in [1.807, 2.05) is 0 Å². The number of amidine groups is 1. The number of hydrogen-bond donors (Lipinski definition) is 1. The van der Waals surface area contributed by atoms with Crippen LogP contribution in [0, 0.1) is 12.7 Å². The minimum Gasteiger partial charge on any atom is -0.308 e. The summed E-state index contributed by atoms with van der Waals surface area (Å²) >= 11 is 5.85. The molecule has 0 saturated heterocycles. The SMILES string of the molecule is Cc1cc(C(=O)NC(Cc2ccc(C(F)(F)F)nc2)=Nc2cc(F)cc(Cl)c2)n(C)n1. The van der Waals surface area contributed by atoms with Gasteiger partial charge in [-0.05, 0) is 42.8 Å². The number of carbonyl (C=O) groups excluding carboxylic acids is 1. The number of amides is 1. The van der Waals surface area contributed by atoms with Crippen molar-refractivity contribution in [3.05, 3.63) is 76.1 Å². The van der Waals surface area contributed by atoms with Gasteiger partial charge in [0.2, 0.25) is 0 Å². The Morgan fingerprint density at radius 3 is 2.52 bits per heavy atom. The van der Waals surface area contributed by atoms with E-state index < -0.39 is 23.6 Å². The Labute approximate surface area is 179 Å². The van der Waals surface area contributed by atoms with Gasteiger partial charge in [-0.1, -0.05) is 17.7 Å². The minimum atomic E-state index is -4.57. The van der Waals surface area contributed by atoms with Crippen molar-refractivity contribution in [2.75, 3.05) is 0 Å². The molecule has 0 fully saturated rings. The average Bonchev–Trinajstić information content (AvgIpc) is 2.99. The number of aromatic nitrogens is 3. The van der Waals surface area contributed by atoms with Crippen LogP contribution in [0.3, 0.4) is 0 Å². The Bertz CT molecular complexity index is 1120. The molecule has 0 aliphatic carbocycles. The first-order chi connectivity index (χ1) is 14.5. The molecule has 1 aromatic carbocycles. The molecule has 0 unspecified atom stereocenters. The second-order valence-electron chi connectivity index (χ2n) is 6.66. The summed E-state index contributed by atoms with van der Waals surface area (Å²) < 4.78 is 53.3. The number of aryl methyl sites for hydroxylation is 2. The Kier molecular flexibility index (Phi) is 6.40. The highest BCUT2D eigenvalue weighted by atomic mass is 35.5. The normalized spacial score (nSPS) is 12.2. The molecule has 1 amide bonds. The molecule has 0 aliphatic rings. The molecule has 0 bridgehead atoms. The highest BCUT2D eigenvalue weighted by molar-refractivity contribution is 6.30. The van der Waals surface area contributed by atoms with Crippen LogP contribution in [0.1, 0.15) is 27.4 Å². The van der Waals surface area contributed by atoms with Crippen molar-refractivity contribution in [2.24, 2.45) is 12.0 Å². The summed E-state index contributed by atoms with van der Waals surface area (Å²) in [7, 11) is 1.59. The van der Waals surface area contributed by atoms with Gasteiger partial charge in [-0.15, -0.1) is 0 Å². The van der Waals surface area contributed by atoms with Crippen molar-refractivity contribution >= 4 is 29.0 Å². The number of nitrogens with zero attached hydrogens (tertiary/aromatic N) is 4. The first kappa shape index (κ1) is 22.4. The second kappa shape index (κ2) is 8.84. The number of rotatable bonds is 4. The van der Waals surface area contributed by atoms with Crippen molar-refractivity contribution < 1.29 is 22.4 Å². The molecule has 0 saturated carbocycles. The lowest BCUT2D eigenvalue weighted by Crippen LogP contribution is -2.33. The van der Waals surface area contributed by atoms with Crippen LogP contribution >= 0.6 is 11.6 Å². The molecule has 3 aromatic rings. The van der Waals surface area contributed by atoms with Gasteiger partial charge < -0.3 is 5.32 Å². The third-order valence-electron chi connectivity index (χ3n) is 4.09. The van der Waals surface area contributed by atoms with Crippen LogP contribution in [0.2, 0.25) is 5.02 Å². The van der Waals surface area contributed by atoms with Gasteiger partial charge in [-0.25, -0.2) is 9.38 Å². The summed E-state index contributed by atoms with van der Waals surface area (Å²) in [6, 6.07) is 7.21. The standard InChI is InChI=1S/C20H16ClF4N5O/c1-11-5-16(30(2)29-11)19(31)28-18(27-15-8-13(21)7-14(22)9-15)6-12-3-4-17(26-10-12)20(23,24)25/h3-5,7-10H,6H2,1-2H3,(H,27,28,31). The van der Waals surface area contributed by atoms with Crippen LogP contribution in [0.25, 0.3) is 0 Å². The maximum Gasteiger partial charge on any atom is 0.433 e. The molecule has 162 valence electrons. The van der Waals surface area contributed by atoms with Crippen LogP contribution in [0.5, 0.6) is 0 Å². The van der Waals surface area contributed by atoms with Crippen LogP contribution in [0.4, 0.5) is 23.2 Å². The molecule has 11 heteroatoms. The van der Waals surface area contributed by atoms with Crippen LogP contribution in [-0.2, 0) is 19.6 Å². The maximum atomic E-state index is 13.7. The molecule has 0 aliphatic heterocycles. The Balaban J connectivity index is 1.92. The van der Waals surface area contributed by atoms with Crippen molar-refractivity contribution in [1.82, 2.24) is 20.1 Å². The van der Waals surface area contributed by atoms with E-state index in [1.165, 1.54) is 16.8 Å². The first-order valence-corrected chi connectivity index (χ1v) is 9.27. The predicted molar refractivity (Wildman–Crippen MR) is 107 cm³/mol. The van der Waals surface area contributed by atoms with Crippen LogP contribution in [0.15, 0.2) is 47.6 Å². The number of hydrogen-bond acceptors (Lipinski definition) is 4. The topological polar surface area (TPSA) is 72.2 Å². The van der Waals surface area contributed by atoms with Crippen molar-refractivity contribution in [3.8, 4) is 0 Å². The fourth-order valence-electron chi connectivity index (χ4n) is 2.78. The maximum absolute atomic E-state index is 13.7. The molecule has 3 rings (SSSR count). The summed E-state index contributed by atoms with van der Waals surface area (Å²) in [4.78, 5) is 20.3. The minimum absolute atomic E-state index is 0.0621. The van der Waals surface area contributed by atoms with Gasteiger partial charge in [-0.2, -0.15) is 18.3 Å². The van der Waals surface area contributed by atoms with Gasteiger partial charge >= 0.3 is 6.18 Å². The van der Waals surface area contributed by atoms with E-state index in [9.17, 15) is 22.4 Å².